The molecule has 22 heavy (non-hydrogen) atoms. The van der Waals surface area contributed by atoms with Gasteiger partial charge in [-0.05, 0) is 48.1 Å². The Hall–Kier alpha value is -1.84. The zero-order chi connectivity index (χ0) is 14.7. The second kappa shape index (κ2) is 7.43. The van der Waals surface area contributed by atoms with Gasteiger partial charge < -0.3 is 11.1 Å². The highest BCUT2D eigenvalue weighted by molar-refractivity contribution is 5.96. The maximum Gasteiger partial charge on any atom is 0.233 e. The molecule has 0 bridgehead atoms. The van der Waals surface area contributed by atoms with E-state index in [0.29, 0.717) is 6.54 Å². The normalized spacial score (nSPS) is 13.9. The summed E-state index contributed by atoms with van der Waals surface area (Å²) >= 11 is 0. The number of nitrogens with one attached hydrogen (secondary N) is 1. The van der Waals surface area contributed by atoms with Crippen molar-refractivity contribution in [3.63, 3.8) is 0 Å². The lowest BCUT2D eigenvalue weighted by Crippen LogP contribution is -2.27. The van der Waals surface area contributed by atoms with Gasteiger partial charge in [0.05, 0.1) is 5.92 Å². The Morgan fingerprint density at radius 3 is 2.55 bits per heavy atom. The summed E-state index contributed by atoms with van der Waals surface area (Å²) in [5.74, 6) is -0.346. The first-order chi connectivity index (χ1) is 10.3. The quantitative estimate of drug-likeness (QED) is 0.909. The number of carbonyl (C=O) groups excluding carboxylic acids is 1. The average Bonchev–Trinajstić information content (AvgIpc) is 2.96. The average molecular weight is 317 g/mol. The number of hydrogen-bond acceptors (Lipinski definition) is 2. The molecule has 1 atom stereocenters. The van der Waals surface area contributed by atoms with Gasteiger partial charge in [0.1, 0.15) is 0 Å². The highest BCUT2D eigenvalue weighted by Gasteiger charge is 2.19. The van der Waals surface area contributed by atoms with Gasteiger partial charge in [0.25, 0.3) is 0 Å². The molecule has 1 aliphatic rings. The van der Waals surface area contributed by atoms with Crippen molar-refractivity contribution in [2.75, 3.05) is 11.9 Å². The van der Waals surface area contributed by atoms with E-state index in [1.807, 2.05) is 36.4 Å². The Balaban J connectivity index is 0.00000176. The van der Waals surface area contributed by atoms with E-state index in [-0.39, 0.29) is 24.2 Å². The van der Waals surface area contributed by atoms with E-state index in [1.165, 1.54) is 17.5 Å². The van der Waals surface area contributed by atoms with Crippen LogP contribution in [0.25, 0.3) is 0 Å². The zero-order valence-corrected chi connectivity index (χ0v) is 13.2. The van der Waals surface area contributed by atoms with Gasteiger partial charge in [-0.3, -0.25) is 4.79 Å². The maximum absolute atomic E-state index is 12.5. The van der Waals surface area contributed by atoms with Crippen molar-refractivity contribution < 1.29 is 4.79 Å². The Morgan fingerprint density at radius 1 is 1.09 bits per heavy atom. The second-order valence-corrected chi connectivity index (χ2v) is 5.53. The van der Waals surface area contributed by atoms with Gasteiger partial charge in [-0.2, -0.15) is 0 Å². The smallest absolute Gasteiger partial charge is 0.233 e. The van der Waals surface area contributed by atoms with Gasteiger partial charge in [0.2, 0.25) is 5.91 Å². The van der Waals surface area contributed by atoms with Crippen LogP contribution in [-0.4, -0.2) is 12.5 Å². The van der Waals surface area contributed by atoms with Gasteiger partial charge in [-0.1, -0.05) is 36.4 Å². The number of benzene rings is 2. The number of halogens is 1. The highest BCUT2D eigenvalue weighted by Crippen LogP contribution is 2.25. The van der Waals surface area contributed by atoms with E-state index in [1.54, 1.807) is 0 Å². The minimum atomic E-state index is -0.306. The van der Waals surface area contributed by atoms with Crippen LogP contribution in [0.2, 0.25) is 0 Å². The van der Waals surface area contributed by atoms with Crippen LogP contribution >= 0.6 is 12.4 Å². The van der Waals surface area contributed by atoms with Gasteiger partial charge in [-0.25, -0.2) is 0 Å². The number of rotatable bonds is 4. The number of fused-ring (bicyclic) bond motifs is 1. The van der Waals surface area contributed by atoms with Crippen molar-refractivity contribution in [3.05, 3.63) is 65.2 Å². The SMILES string of the molecule is Cl.NCC(C(=O)Nc1ccc2c(c1)CCC2)c1ccccc1. The first-order valence-corrected chi connectivity index (χ1v) is 7.45. The lowest BCUT2D eigenvalue weighted by molar-refractivity contribution is -0.117. The van der Waals surface area contributed by atoms with Crippen LogP contribution in [0.4, 0.5) is 5.69 Å². The molecule has 0 aliphatic heterocycles. The maximum atomic E-state index is 12.5. The molecule has 0 saturated heterocycles. The van der Waals surface area contributed by atoms with Gasteiger partial charge in [0, 0.05) is 12.2 Å². The van der Waals surface area contributed by atoms with Crippen molar-refractivity contribution in [1.82, 2.24) is 0 Å². The molecule has 1 amide bonds. The summed E-state index contributed by atoms with van der Waals surface area (Å²) in [6.07, 6.45) is 3.47. The van der Waals surface area contributed by atoms with Crippen LogP contribution in [0.1, 0.15) is 29.0 Å². The summed E-state index contributed by atoms with van der Waals surface area (Å²) in [6.45, 7) is 0.306. The minimum Gasteiger partial charge on any atom is -0.329 e. The fourth-order valence-corrected chi connectivity index (χ4v) is 2.96. The molecule has 0 spiro atoms. The zero-order valence-electron chi connectivity index (χ0n) is 12.4. The van der Waals surface area contributed by atoms with E-state index in [0.717, 1.165) is 24.1 Å². The summed E-state index contributed by atoms with van der Waals surface area (Å²) in [6, 6.07) is 15.9. The molecule has 2 aromatic rings. The third kappa shape index (κ3) is 3.49. The summed E-state index contributed by atoms with van der Waals surface area (Å²) in [7, 11) is 0. The van der Waals surface area contributed by atoms with Crippen LogP contribution in [0.15, 0.2) is 48.5 Å². The Bertz CT molecular complexity index is 643. The standard InChI is InChI=1S/C18H20N2O.ClH/c19-12-17(14-5-2-1-3-6-14)18(21)20-16-10-9-13-7-4-8-15(13)11-16;/h1-3,5-6,9-11,17H,4,7-8,12,19H2,(H,20,21);1H. The summed E-state index contributed by atoms with van der Waals surface area (Å²) in [4.78, 5) is 12.5. The van der Waals surface area contributed by atoms with Gasteiger partial charge >= 0.3 is 0 Å². The molecule has 0 heterocycles. The van der Waals surface area contributed by atoms with Crippen molar-refractivity contribution in [3.8, 4) is 0 Å². The Kier molecular flexibility index (Phi) is 5.58. The second-order valence-electron chi connectivity index (χ2n) is 5.53. The van der Waals surface area contributed by atoms with Crippen LogP contribution in [0.5, 0.6) is 0 Å². The van der Waals surface area contributed by atoms with E-state index >= 15 is 0 Å². The molecule has 0 radical (unpaired) electrons. The van der Waals surface area contributed by atoms with Crippen molar-refractivity contribution in [2.45, 2.75) is 25.2 Å². The Labute approximate surface area is 137 Å². The largest absolute Gasteiger partial charge is 0.329 e. The number of nitrogens with two attached hydrogens (primary N) is 1. The molecule has 3 N–H and O–H groups in total. The highest BCUT2D eigenvalue weighted by atomic mass is 35.5. The molecule has 3 nitrogen and oxygen atoms in total. The summed E-state index contributed by atoms with van der Waals surface area (Å²) < 4.78 is 0. The predicted molar refractivity (Wildman–Crippen MR) is 92.6 cm³/mol. The molecule has 116 valence electrons. The van der Waals surface area contributed by atoms with Crippen LogP contribution < -0.4 is 11.1 Å². The van der Waals surface area contributed by atoms with E-state index in [9.17, 15) is 4.79 Å². The van der Waals surface area contributed by atoms with Crippen molar-refractivity contribution in [2.24, 2.45) is 5.73 Å². The number of hydrogen-bond donors (Lipinski definition) is 2. The molecule has 0 aromatic heterocycles. The summed E-state index contributed by atoms with van der Waals surface area (Å²) in [5, 5.41) is 3.00. The number of amides is 1. The van der Waals surface area contributed by atoms with Gasteiger partial charge in [0.15, 0.2) is 0 Å². The number of carbonyl (C=O) groups is 1. The molecular weight excluding hydrogens is 296 g/mol. The third-order valence-electron chi connectivity index (χ3n) is 4.12. The van der Waals surface area contributed by atoms with Crippen molar-refractivity contribution in [1.29, 1.82) is 0 Å². The lowest BCUT2D eigenvalue weighted by Gasteiger charge is -2.16. The first-order valence-electron chi connectivity index (χ1n) is 7.45. The molecule has 4 heteroatoms. The molecule has 1 aliphatic carbocycles. The molecule has 0 fully saturated rings. The molecule has 3 rings (SSSR count). The van der Waals surface area contributed by atoms with Crippen molar-refractivity contribution >= 4 is 24.0 Å². The van der Waals surface area contributed by atoms with E-state index in [4.69, 9.17) is 5.73 Å². The van der Waals surface area contributed by atoms with Gasteiger partial charge in [-0.15, -0.1) is 12.4 Å². The molecule has 2 aromatic carbocycles. The predicted octanol–water partition coefficient (Wildman–Crippen LogP) is 3.28. The van der Waals surface area contributed by atoms with Crippen LogP contribution in [-0.2, 0) is 17.6 Å². The van der Waals surface area contributed by atoms with E-state index in [2.05, 4.69) is 17.4 Å². The summed E-state index contributed by atoms with van der Waals surface area (Å²) in [5.41, 5.74) is 10.4. The topological polar surface area (TPSA) is 55.1 Å². The fourth-order valence-electron chi connectivity index (χ4n) is 2.96. The van der Waals surface area contributed by atoms with E-state index < -0.39 is 0 Å². The fraction of sp³-hybridized carbons (Fsp3) is 0.278. The monoisotopic (exact) mass is 316 g/mol. The first kappa shape index (κ1) is 16.5. The van der Waals surface area contributed by atoms with Crippen LogP contribution in [0, 0.1) is 0 Å². The minimum absolute atomic E-state index is 0. The number of aryl methyl sites for hydroxylation is 2. The Morgan fingerprint density at radius 2 is 1.82 bits per heavy atom. The lowest BCUT2D eigenvalue weighted by atomic mass is 9.98. The third-order valence-corrected chi connectivity index (χ3v) is 4.12. The van der Waals surface area contributed by atoms with Crippen LogP contribution in [0.3, 0.4) is 0 Å². The number of anilines is 1. The molecular formula is C18H21ClN2O. The molecule has 1 unspecified atom stereocenters. The molecule has 0 saturated carbocycles.